The zero-order valence-electron chi connectivity index (χ0n) is 21.4. The second kappa shape index (κ2) is 12.7. The summed E-state index contributed by atoms with van der Waals surface area (Å²) in [5, 5.41) is 6.51. The summed E-state index contributed by atoms with van der Waals surface area (Å²) in [6, 6.07) is 7.74. The molecule has 196 valence electrons. The Morgan fingerprint density at radius 3 is 2.65 bits per heavy atom. The second-order valence-electron chi connectivity index (χ2n) is 9.11. The first-order chi connectivity index (χ1) is 17.6. The van der Waals surface area contributed by atoms with Crippen LogP contribution in [0.25, 0.3) is 10.9 Å². The Labute approximate surface area is 224 Å². The summed E-state index contributed by atoms with van der Waals surface area (Å²) in [5.74, 6) is 7.22. The van der Waals surface area contributed by atoms with Crippen LogP contribution in [-0.2, 0) is 4.74 Å². The highest BCUT2D eigenvalue weighted by molar-refractivity contribution is 9.10. The molecule has 0 spiro atoms. The van der Waals surface area contributed by atoms with Gasteiger partial charge in [-0.05, 0) is 86.9 Å². The lowest BCUT2D eigenvalue weighted by Gasteiger charge is -2.23. The molecular weight excluding hydrogens is 543 g/mol. The minimum atomic E-state index is -0.553. The average molecular weight is 573 g/mol. The van der Waals surface area contributed by atoms with Crippen LogP contribution in [0.2, 0.25) is 0 Å². The van der Waals surface area contributed by atoms with Crippen molar-refractivity contribution < 1.29 is 23.4 Å². The van der Waals surface area contributed by atoms with Crippen molar-refractivity contribution in [2.75, 3.05) is 14.2 Å². The number of nitrogens with one attached hydrogen (secondary N) is 2. The molecule has 1 aromatic heterocycles. The van der Waals surface area contributed by atoms with Crippen molar-refractivity contribution in [1.29, 1.82) is 0 Å². The third-order valence-corrected chi connectivity index (χ3v) is 5.70. The van der Waals surface area contributed by atoms with Crippen molar-refractivity contribution in [3.05, 3.63) is 52.5 Å². The van der Waals surface area contributed by atoms with Crippen molar-refractivity contribution in [2.24, 2.45) is 0 Å². The number of methoxy groups -OCH3 is 1. The van der Waals surface area contributed by atoms with Crippen molar-refractivity contribution >= 4 is 32.9 Å². The van der Waals surface area contributed by atoms with E-state index in [1.807, 2.05) is 26.8 Å². The molecule has 3 aromatic rings. The van der Waals surface area contributed by atoms with Gasteiger partial charge in [0.05, 0.1) is 34.2 Å². The topological polar surface area (TPSA) is 94.6 Å². The third kappa shape index (κ3) is 8.30. The lowest BCUT2D eigenvalue weighted by molar-refractivity contribution is 0.0493. The Bertz CT molecular complexity index is 1320. The number of hydrogen-bond acceptors (Lipinski definition) is 7. The molecule has 3 rings (SSSR count). The van der Waals surface area contributed by atoms with E-state index >= 15 is 0 Å². The largest absolute Gasteiger partial charge is 0.495 e. The lowest BCUT2D eigenvalue weighted by atomic mass is 10.1. The van der Waals surface area contributed by atoms with Gasteiger partial charge in [-0.15, -0.1) is 0 Å². The van der Waals surface area contributed by atoms with Gasteiger partial charge in [0.2, 0.25) is 5.88 Å². The van der Waals surface area contributed by atoms with E-state index in [0.29, 0.717) is 51.2 Å². The number of fused-ring (bicyclic) bond motifs is 1. The maximum absolute atomic E-state index is 13.4. The first kappa shape index (κ1) is 28.2. The van der Waals surface area contributed by atoms with Gasteiger partial charge >= 0.3 is 6.09 Å². The standard InChI is InChI=1S/C27H30BrFN4O4/c1-27(2,3)37-26(34)33-24(30-4)10-8-6-7-9-17-13-21-19(15-23(17)35-5)25(32-16-31-21)36-22-12-11-18(29)14-20(22)28/h11-16,24,30H,6,8,10H2,1-5H3,(H,33,34). The lowest BCUT2D eigenvalue weighted by Crippen LogP contribution is -2.45. The summed E-state index contributed by atoms with van der Waals surface area (Å²) in [6.45, 7) is 5.46. The van der Waals surface area contributed by atoms with Gasteiger partial charge in [0.25, 0.3) is 0 Å². The predicted molar refractivity (Wildman–Crippen MR) is 143 cm³/mol. The second-order valence-corrected chi connectivity index (χ2v) is 9.96. The maximum Gasteiger partial charge on any atom is 0.408 e. The number of amides is 1. The highest BCUT2D eigenvalue weighted by Gasteiger charge is 2.18. The molecule has 2 aromatic carbocycles. The third-order valence-electron chi connectivity index (χ3n) is 5.08. The molecule has 8 nitrogen and oxygen atoms in total. The molecule has 0 aliphatic carbocycles. The smallest absolute Gasteiger partial charge is 0.408 e. The van der Waals surface area contributed by atoms with Crippen LogP contribution >= 0.6 is 15.9 Å². The zero-order chi connectivity index (χ0) is 27.0. The van der Waals surface area contributed by atoms with Gasteiger partial charge in [-0.3, -0.25) is 0 Å². The van der Waals surface area contributed by atoms with E-state index in [0.717, 1.165) is 6.42 Å². The van der Waals surface area contributed by atoms with Crippen LogP contribution in [-0.4, -0.2) is 42.0 Å². The fourth-order valence-electron chi connectivity index (χ4n) is 3.36. The van der Waals surface area contributed by atoms with Crippen LogP contribution in [0.15, 0.2) is 41.1 Å². The number of carbonyl (C=O) groups excluding carboxylic acids is 1. The number of nitrogens with zero attached hydrogens (tertiary/aromatic N) is 2. The number of rotatable bonds is 8. The summed E-state index contributed by atoms with van der Waals surface area (Å²) < 4.78 is 30.7. The van der Waals surface area contributed by atoms with Gasteiger partial charge in [0.1, 0.15) is 29.2 Å². The normalized spacial score (nSPS) is 11.9. The fourth-order valence-corrected chi connectivity index (χ4v) is 3.79. The highest BCUT2D eigenvalue weighted by Crippen LogP contribution is 2.34. The molecule has 0 aliphatic heterocycles. The van der Waals surface area contributed by atoms with Crippen LogP contribution in [0.3, 0.4) is 0 Å². The minimum Gasteiger partial charge on any atom is -0.495 e. The maximum atomic E-state index is 13.4. The van der Waals surface area contributed by atoms with Gasteiger partial charge < -0.3 is 24.8 Å². The van der Waals surface area contributed by atoms with Crippen LogP contribution in [0.4, 0.5) is 9.18 Å². The van der Waals surface area contributed by atoms with Crippen molar-refractivity contribution in [3.63, 3.8) is 0 Å². The summed E-state index contributed by atoms with van der Waals surface area (Å²) in [7, 11) is 3.34. The number of hydrogen-bond donors (Lipinski definition) is 2. The Morgan fingerprint density at radius 1 is 1.19 bits per heavy atom. The van der Waals surface area contributed by atoms with Crippen molar-refractivity contribution in [3.8, 4) is 29.2 Å². The van der Waals surface area contributed by atoms with Crippen molar-refractivity contribution in [2.45, 2.75) is 51.8 Å². The van der Waals surface area contributed by atoms with Crippen LogP contribution in [0.1, 0.15) is 45.6 Å². The molecule has 2 N–H and O–H groups in total. The summed E-state index contributed by atoms with van der Waals surface area (Å²) in [5.41, 5.74) is 0.757. The molecule has 0 bridgehead atoms. The number of aromatic nitrogens is 2. The molecule has 1 heterocycles. The molecule has 0 radical (unpaired) electrons. The number of alkyl carbamates (subject to hydrolysis) is 1. The molecule has 1 unspecified atom stereocenters. The molecule has 0 saturated heterocycles. The van der Waals surface area contributed by atoms with E-state index in [4.69, 9.17) is 14.2 Å². The number of ether oxygens (including phenoxy) is 3. The van der Waals surface area contributed by atoms with Gasteiger partial charge in [-0.1, -0.05) is 11.8 Å². The van der Waals surface area contributed by atoms with Gasteiger partial charge in [0.15, 0.2) is 0 Å². The molecule has 0 aliphatic rings. The SMILES string of the molecule is CNC(CCCC#Cc1cc2ncnc(Oc3ccc(F)cc3Br)c2cc1OC)NC(=O)OC(C)(C)C. The molecule has 1 atom stereocenters. The zero-order valence-corrected chi connectivity index (χ0v) is 23.0. The molecule has 37 heavy (non-hydrogen) atoms. The Morgan fingerprint density at radius 2 is 1.97 bits per heavy atom. The van der Waals surface area contributed by atoms with Gasteiger partial charge in [-0.2, -0.15) is 0 Å². The highest BCUT2D eigenvalue weighted by atomic mass is 79.9. The predicted octanol–water partition coefficient (Wildman–Crippen LogP) is 5.92. The number of carbonyl (C=O) groups is 1. The summed E-state index contributed by atoms with van der Waals surface area (Å²) in [4.78, 5) is 20.6. The first-order valence-corrected chi connectivity index (χ1v) is 12.5. The van der Waals surface area contributed by atoms with E-state index in [9.17, 15) is 9.18 Å². The Kier molecular flexibility index (Phi) is 9.66. The monoisotopic (exact) mass is 572 g/mol. The minimum absolute atomic E-state index is 0.219. The van der Waals surface area contributed by atoms with E-state index in [-0.39, 0.29) is 12.0 Å². The molecule has 0 saturated carbocycles. The Balaban J connectivity index is 1.69. The van der Waals surface area contributed by atoms with E-state index in [2.05, 4.69) is 48.4 Å². The summed E-state index contributed by atoms with van der Waals surface area (Å²) >= 11 is 3.30. The van der Waals surface area contributed by atoms with Crippen LogP contribution < -0.4 is 20.1 Å². The Hall–Kier alpha value is -3.42. The molecule has 0 fully saturated rings. The van der Waals surface area contributed by atoms with Gasteiger partial charge in [0, 0.05) is 6.42 Å². The molecule has 10 heteroatoms. The van der Waals surface area contributed by atoms with E-state index in [1.165, 1.54) is 24.5 Å². The quantitative estimate of drug-likeness (QED) is 0.196. The molecule has 1 amide bonds. The molecular formula is C27H30BrFN4O4. The average Bonchev–Trinajstić information content (AvgIpc) is 2.83. The number of halogens is 2. The number of benzene rings is 2. The van der Waals surface area contributed by atoms with Crippen molar-refractivity contribution in [1.82, 2.24) is 20.6 Å². The first-order valence-electron chi connectivity index (χ1n) is 11.7. The van der Waals surface area contributed by atoms with E-state index < -0.39 is 11.7 Å². The number of unbranched alkanes of at least 4 members (excludes halogenated alkanes) is 1. The van der Waals surface area contributed by atoms with E-state index in [1.54, 1.807) is 20.2 Å². The van der Waals surface area contributed by atoms with Gasteiger partial charge in [-0.25, -0.2) is 19.2 Å². The van der Waals surface area contributed by atoms with Crippen LogP contribution in [0, 0.1) is 17.7 Å². The van der Waals surface area contributed by atoms with Crippen LogP contribution in [0.5, 0.6) is 17.4 Å². The summed E-state index contributed by atoms with van der Waals surface area (Å²) in [6.07, 6.45) is 2.78. The fraction of sp³-hybridized carbons (Fsp3) is 0.370.